The standard InChI is InChI=1S/C13H24N4/c1-2-11(15-14)10-12-8-9-17(16-12)13-6-4-3-5-7-13/h8-9,11,13,15H,2-7,10,14H2,1H3. The quantitative estimate of drug-likeness (QED) is 0.608. The maximum Gasteiger partial charge on any atom is 0.0640 e. The molecule has 1 aliphatic rings. The van der Waals surface area contributed by atoms with E-state index >= 15 is 0 Å². The molecule has 0 bridgehead atoms. The predicted molar refractivity (Wildman–Crippen MR) is 69.5 cm³/mol. The molecule has 0 radical (unpaired) electrons. The average molecular weight is 236 g/mol. The van der Waals surface area contributed by atoms with Gasteiger partial charge >= 0.3 is 0 Å². The second-order valence-corrected chi connectivity index (χ2v) is 5.05. The van der Waals surface area contributed by atoms with Gasteiger partial charge in [-0.1, -0.05) is 26.2 Å². The molecule has 96 valence electrons. The van der Waals surface area contributed by atoms with E-state index in [1.54, 1.807) is 0 Å². The molecule has 4 nitrogen and oxygen atoms in total. The number of rotatable bonds is 5. The fourth-order valence-corrected chi connectivity index (χ4v) is 2.61. The monoisotopic (exact) mass is 236 g/mol. The molecule has 0 aliphatic heterocycles. The first kappa shape index (κ1) is 12.6. The molecule has 1 aliphatic carbocycles. The zero-order chi connectivity index (χ0) is 12.1. The van der Waals surface area contributed by atoms with Crippen LogP contribution in [0, 0.1) is 0 Å². The summed E-state index contributed by atoms with van der Waals surface area (Å²) in [7, 11) is 0. The number of nitrogens with zero attached hydrogens (tertiary/aromatic N) is 2. The molecule has 1 fully saturated rings. The van der Waals surface area contributed by atoms with Crippen molar-refractivity contribution in [1.29, 1.82) is 0 Å². The van der Waals surface area contributed by atoms with Crippen molar-refractivity contribution in [3.63, 3.8) is 0 Å². The van der Waals surface area contributed by atoms with E-state index < -0.39 is 0 Å². The van der Waals surface area contributed by atoms with Crippen molar-refractivity contribution < 1.29 is 0 Å². The third kappa shape index (κ3) is 3.30. The lowest BCUT2D eigenvalue weighted by Crippen LogP contribution is -2.36. The summed E-state index contributed by atoms with van der Waals surface area (Å²) in [6, 6.07) is 3.10. The van der Waals surface area contributed by atoms with Crippen molar-refractivity contribution in [2.45, 2.75) is 64.0 Å². The summed E-state index contributed by atoms with van der Waals surface area (Å²) in [6.07, 6.45) is 10.7. The Balaban J connectivity index is 1.94. The highest BCUT2D eigenvalue weighted by atomic mass is 15.3. The Morgan fingerprint density at radius 2 is 2.24 bits per heavy atom. The minimum absolute atomic E-state index is 0.338. The third-order valence-electron chi connectivity index (χ3n) is 3.80. The Bertz CT molecular complexity index is 324. The minimum Gasteiger partial charge on any atom is -0.271 e. The molecule has 1 atom stereocenters. The van der Waals surface area contributed by atoms with Gasteiger partial charge in [-0.25, -0.2) is 0 Å². The van der Waals surface area contributed by atoms with Gasteiger partial charge in [-0.3, -0.25) is 16.0 Å². The third-order valence-corrected chi connectivity index (χ3v) is 3.80. The summed E-state index contributed by atoms with van der Waals surface area (Å²) in [5, 5.41) is 4.69. The molecular weight excluding hydrogens is 212 g/mol. The van der Waals surface area contributed by atoms with E-state index in [2.05, 4.69) is 29.3 Å². The molecular formula is C13H24N4. The van der Waals surface area contributed by atoms with Crippen LogP contribution in [-0.4, -0.2) is 15.8 Å². The van der Waals surface area contributed by atoms with Crippen molar-refractivity contribution in [3.05, 3.63) is 18.0 Å². The molecule has 1 aromatic heterocycles. The lowest BCUT2D eigenvalue weighted by molar-refractivity contribution is 0.327. The molecule has 4 heteroatoms. The molecule has 0 saturated heterocycles. The molecule has 3 N–H and O–H groups in total. The molecule has 0 amide bonds. The average Bonchev–Trinajstić information content (AvgIpc) is 2.85. The predicted octanol–water partition coefficient (Wildman–Crippen LogP) is 2.17. The Morgan fingerprint density at radius 1 is 1.47 bits per heavy atom. The van der Waals surface area contributed by atoms with Crippen molar-refractivity contribution in [3.8, 4) is 0 Å². The lowest BCUT2D eigenvalue weighted by Gasteiger charge is -2.21. The molecule has 1 unspecified atom stereocenters. The number of hydrazine groups is 1. The summed E-state index contributed by atoms with van der Waals surface area (Å²) in [4.78, 5) is 0. The fraction of sp³-hybridized carbons (Fsp3) is 0.769. The van der Waals surface area contributed by atoms with E-state index in [9.17, 15) is 0 Å². The topological polar surface area (TPSA) is 55.9 Å². The van der Waals surface area contributed by atoms with E-state index in [-0.39, 0.29) is 0 Å². The van der Waals surface area contributed by atoms with Crippen molar-refractivity contribution >= 4 is 0 Å². The normalized spacial score (nSPS) is 19.4. The first-order chi connectivity index (χ1) is 8.33. The second-order valence-electron chi connectivity index (χ2n) is 5.05. The van der Waals surface area contributed by atoms with Gasteiger partial charge in [-0.05, 0) is 25.3 Å². The van der Waals surface area contributed by atoms with Crippen LogP contribution >= 0.6 is 0 Å². The largest absolute Gasteiger partial charge is 0.271 e. The molecule has 17 heavy (non-hydrogen) atoms. The van der Waals surface area contributed by atoms with E-state index in [1.807, 2.05) is 0 Å². The SMILES string of the molecule is CCC(Cc1ccn(C2CCCCC2)n1)NN. The first-order valence-corrected chi connectivity index (χ1v) is 6.83. The highest BCUT2D eigenvalue weighted by molar-refractivity contribution is 5.02. The van der Waals surface area contributed by atoms with Crippen LogP contribution < -0.4 is 11.3 Å². The van der Waals surface area contributed by atoms with Crippen molar-refractivity contribution in [2.75, 3.05) is 0 Å². The van der Waals surface area contributed by atoms with Crippen LogP contribution in [0.5, 0.6) is 0 Å². The molecule has 1 saturated carbocycles. The van der Waals surface area contributed by atoms with Crippen LogP contribution in [0.2, 0.25) is 0 Å². The van der Waals surface area contributed by atoms with Crippen LogP contribution in [0.4, 0.5) is 0 Å². The fourth-order valence-electron chi connectivity index (χ4n) is 2.61. The molecule has 2 rings (SSSR count). The number of aromatic nitrogens is 2. The van der Waals surface area contributed by atoms with Crippen LogP contribution in [0.15, 0.2) is 12.3 Å². The summed E-state index contributed by atoms with van der Waals surface area (Å²) >= 11 is 0. The lowest BCUT2D eigenvalue weighted by atomic mass is 9.96. The van der Waals surface area contributed by atoms with Gasteiger partial charge in [-0.2, -0.15) is 5.10 Å². The van der Waals surface area contributed by atoms with Gasteiger partial charge in [0.1, 0.15) is 0 Å². The van der Waals surface area contributed by atoms with E-state index in [4.69, 9.17) is 10.9 Å². The smallest absolute Gasteiger partial charge is 0.0640 e. The summed E-state index contributed by atoms with van der Waals surface area (Å²) in [6.45, 7) is 2.14. The molecule has 0 aromatic carbocycles. The van der Waals surface area contributed by atoms with Gasteiger partial charge < -0.3 is 0 Å². The molecule has 1 heterocycles. The number of hydrogen-bond acceptors (Lipinski definition) is 3. The number of nitrogens with two attached hydrogens (primary N) is 1. The van der Waals surface area contributed by atoms with E-state index in [0.717, 1.165) is 18.5 Å². The van der Waals surface area contributed by atoms with Gasteiger partial charge in [0.15, 0.2) is 0 Å². The molecule has 1 aromatic rings. The Kier molecular flexibility index (Phi) is 4.57. The number of hydrogen-bond donors (Lipinski definition) is 2. The zero-order valence-electron chi connectivity index (χ0n) is 10.7. The molecule has 0 spiro atoms. The maximum atomic E-state index is 5.50. The van der Waals surface area contributed by atoms with Crippen LogP contribution in [0.3, 0.4) is 0 Å². The summed E-state index contributed by atoms with van der Waals surface area (Å²) in [5.74, 6) is 5.50. The van der Waals surface area contributed by atoms with Gasteiger partial charge in [0.2, 0.25) is 0 Å². The maximum absolute atomic E-state index is 5.50. The summed E-state index contributed by atoms with van der Waals surface area (Å²) < 4.78 is 2.16. The highest BCUT2D eigenvalue weighted by Gasteiger charge is 2.16. The van der Waals surface area contributed by atoms with Gasteiger partial charge in [0.05, 0.1) is 11.7 Å². The summed E-state index contributed by atoms with van der Waals surface area (Å²) in [5.41, 5.74) is 3.99. The van der Waals surface area contributed by atoms with Gasteiger partial charge in [-0.15, -0.1) is 0 Å². The van der Waals surface area contributed by atoms with Crippen molar-refractivity contribution in [2.24, 2.45) is 5.84 Å². The van der Waals surface area contributed by atoms with Crippen molar-refractivity contribution in [1.82, 2.24) is 15.2 Å². The van der Waals surface area contributed by atoms with Crippen LogP contribution in [-0.2, 0) is 6.42 Å². The number of nitrogens with one attached hydrogen (secondary N) is 1. The van der Waals surface area contributed by atoms with E-state index in [0.29, 0.717) is 12.1 Å². The highest BCUT2D eigenvalue weighted by Crippen LogP contribution is 2.27. The van der Waals surface area contributed by atoms with Gasteiger partial charge in [0.25, 0.3) is 0 Å². The minimum atomic E-state index is 0.338. The van der Waals surface area contributed by atoms with E-state index in [1.165, 1.54) is 32.1 Å². The van der Waals surface area contributed by atoms with Crippen LogP contribution in [0.25, 0.3) is 0 Å². The van der Waals surface area contributed by atoms with Crippen LogP contribution in [0.1, 0.15) is 57.2 Å². The Morgan fingerprint density at radius 3 is 2.88 bits per heavy atom. The zero-order valence-corrected chi connectivity index (χ0v) is 10.7. The first-order valence-electron chi connectivity index (χ1n) is 6.83. The second kappa shape index (κ2) is 6.17. The Labute approximate surface area is 104 Å². The van der Waals surface area contributed by atoms with Gasteiger partial charge in [0, 0.05) is 18.7 Å². The Hall–Kier alpha value is -0.870.